The van der Waals surface area contributed by atoms with Gasteiger partial charge in [-0.2, -0.15) is 0 Å². The quantitative estimate of drug-likeness (QED) is 0.906. The molecule has 0 bridgehead atoms. The summed E-state index contributed by atoms with van der Waals surface area (Å²) in [6, 6.07) is 2.34. The van der Waals surface area contributed by atoms with Gasteiger partial charge in [-0.25, -0.2) is 0 Å². The highest BCUT2D eigenvalue weighted by atomic mass is 32.1. The van der Waals surface area contributed by atoms with Crippen LogP contribution in [0.3, 0.4) is 0 Å². The number of nitrogens with two attached hydrogens (primary N) is 1. The molecule has 2 aliphatic rings. The van der Waals surface area contributed by atoms with E-state index in [9.17, 15) is 0 Å². The number of hydrogen-bond acceptors (Lipinski definition) is 4. The summed E-state index contributed by atoms with van der Waals surface area (Å²) in [6.45, 7) is 4.68. The van der Waals surface area contributed by atoms with Gasteiger partial charge in [0.05, 0.1) is 5.60 Å². The van der Waals surface area contributed by atoms with E-state index in [1.54, 1.807) is 11.3 Å². The summed E-state index contributed by atoms with van der Waals surface area (Å²) < 4.78 is 11.6. The van der Waals surface area contributed by atoms with Crippen LogP contribution in [0.1, 0.15) is 42.2 Å². The minimum Gasteiger partial charge on any atom is -0.381 e. The molecule has 0 saturated carbocycles. The highest BCUT2D eigenvalue weighted by molar-refractivity contribution is 7.10. The van der Waals surface area contributed by atoms with Gasteiger partial charge in [0, 0.05) is 30.7 Å². The molecule has 2 aliphatic heterocycles. The van der Waals surface area contributed by atoms with Crippen LogP contribution in [-0.4, -0.2) is 25.4 Å². The average molecular weight is 281 g/mol. The minimum atomic E-state index is 0.0456. The highest BCUT2D eigenvalue weighted by Crippen LogP contribution is 2.42. The molecule has 2 saturated heterocycles. The molecular weight excluding hydrogens is 258 g/mol. The molecule has 4 heteroatoms. The van der Waals surface area contributed by atoms with Gasteiger partial charge in [0.2, 0.25) is 0 Å². The molecule has 0 aliphatic carbocycles. The minimum absolute atomic E-state index is 0.0456. The Kier molecular flexibility index (Phi) is 3.94. The summed E-state index contributed by atoms with van der Waals surface area (Å²) in [7, 11) is 0. The van der Waals surface area contributed by atoms with Crippen molar-refractivity contribution in [2.75, 3.05) is 19.8 Å². The van der Waals surface area contributed by atoms with Gasteiger partial charge in [0.1, 0.15) is 0 Å². The molecule has 19 heavy (non-hydrogen) atoms. The number of thiophene rings is 1. The van der Waals surface area contributed by atoms with Gasteiger partial charge < -0.3 is 15.2 Å². The second kappa shape index (κ2) is 5.52. The van der Waals surface area contributed by atoms with Crippen LogP contribution in [0, 0.1) is 12.8 Å². The third-order valence-corrected chi connectivity index (χ3v) is 5.77. The van der Waals surface area contributed by atoms with Gasteiger partial charge in [-0.3, -0.25) is 0 Å². The SMILES string of the molecule is Cc1ccsc1C(N)C1CCOC2(CCOCC2)C1. The molecule has 2 atom stereocenters. The van der Waals surface area contributed by atoms with Gasteiger partial charge in [0.15, 0.2) is 0 Å². The van der Waals surface area contributed by atoms with Gasteiger partial charge in [-0.1, -0.05) is 0 Å². The van der Waals surface area contributed by atoms with E-state index >= 15 is 0 Å². The van der Waals surface area contributed by atoms with Gasteiger partial charge in [-0.15, -0.1) is 11.3 Å². The Morgan fingerprint density at radius 3 is 2.84 bits per heavy atom. The number of aryl methyl sites for hydroxylation is 1. The van der Waals surface area contributed by atoms with E-state index in [1.807, 2.05) is 0 Å². The first-order valence-corrected chi connectivity index (χ1v) is 8.09. The van der Waals surface area contributed by atoms with Crippen LogP contribution in [0.15, 0.2) is 11.4 Å². The van der Waals surface area contributed by atoms with Crippen LogP contribution in [0.2, 0.25) is 0 Å². The van der Waals surface area contributed by atoms with Crippen molar-refractivity contribution in [2.45, 2.75) is 44.2 Å². The van der Waals surface area contributed by atoms with Crippen LogP contribution in [0.4, 0.5) is 0 Å². The number of hydrogen-bond donors (Lipinski definition) is 1. The second-order valence-electron chi connectivity index (χ2n) is 5.89. The van der Waals surface area contributed by atoms with Crippen molar-refractivity contribution in [3.63, 3.8) is 0 Å². The molecule has 106 valence electrons. The van der Waals surface area contributed by atoms with Crippen LogP contribution in [0.5, 0.6) is 0 Å². The van der Waals surface area contributed by atoms with E-state index in [0.29, 0.717) is 5.92 Å². The first kappa shape index (κ1) is 13.6. The molecule has 3 rings (SSSR count). The molecule has 0 radical (unpaired) electrons. The zero-order valence-electron chi connectivity index (χ0n) is 11.6. The molecule has 1 spiro atoms. The van der Waals surface area contributed by atoms with Gasteiger partial charge in [-0.05, 0) is 55.5 Å². The third-order valence-electron chi connectivity index (χ3n) is 4.65. The lowest BCUT2D eigenvalue weighted by Crippen LogP contribution is -2.46. The van der Waals surface area contributed by atoms with Crippen molar-refractivity contribution in [2.24, 2.45) is 11.7 Å². The molecule has 0 aromatic carbocycles. The largest absolute Gasteiger partial charge is 0.381 e. The van der Waals surface area contributed by atoms with Crippen molar-refractivity contribution < 1.29 is 9.47 Å². The first-order chi connectivity index (χ1) is 9.20. The molecule has 1 aromatic rings. The van der Waals surface area contributed by atoms with Crippen LogP contribution in [0.25, 0.3) is 0 Å². The lowest BCUT2D eigenvalue weighted by atomic mass is 9.77. The Morgan fingerprint density at radius 1 is 1.37 bits per heavy atom. The molecular formula is C15H23NO2S. The third kappa shape index (κ3) is 2.72. The summed E-state index contributed by atoms with van der Waals surface area (Å²) in [5, 5.41) is 2.15. The van der Waals surface area contributed by atoms with E-state index in [0.717, 1.165) is 45.5 Å². The average Bonchev–Trinajstić information content (AvgIpc) is 2.85. The van der Waals surface area contributed by atoms with Crippen LogP contribution in [-0.2, 0) is 9.47 Å². The van der Waals surface area contributed by atoms with Crippen molar-refractivity contribution in [3.05, 3.63) is 21.9 Å². The maximum absolute atomic E-state index is 6.53. The Bertz CT molecular complexity index is 420. The summed E-state index contributed by atoms with van der Waals surface area (Å²) in [4.78, 5) is 1.36. The fourth-order valence-corrected chi connectivity index (χ4v) is 4.43. The Balaban J connectivity index is 1.72. The normalized spacial score (nSPS) is 28.4. The fourth-order valence-electron chi connectivity index (χ4n) is 3.40. The molecule has 0 amide bonds. The zero-order chi connectivity index (χ0) is 13.3. The van der Waals surface area contributed by atoms with Crippen molar-refractivity contribution >= 4 is 11.3 Å². The molecule has 3 nitrogen and oxygen atoms in total. The highest BCUT2D eigenvalue weighted by Gasteiger charge is 2.41. The second-order valence-corrected chi connectivity index (χ2v) is 6.84. The summed E-state index contributed by atoms with van der Waals surface area (Å²) in [6.07, 6.45) is 4.23. The van der Waals surface area contributed by atoms with E-state index in [2.05, 4.69) is 18.4 Å². The zero-order valence-corrected chi connectivity index (χ0v) is 12.4. The van der Waals surface area contributed by atoms with Gasteiger partial charge in [0.25, 0.3) is 0 Å². The van der Waals surface area contributed by atoms with Crippen molar-refractivity contribution in [1.82, 2.24) is 0 Å². The van der Waals surface area contributed by atoms with Crippen LogP contribution >= 0.6 is 11.3 Å². The summed E-state index contributed by atoms with van der Waals surface area (Å²) in [5.41, 5.74) is 7.91. The monoisotopic (exact) mass is 281 g/mol. The molecule has 1 aromatic heterocycles. The maximum Gasteiger partial charge on any atom is 0.0729 e. The Labute approximate surface area is 119 Å². The van der Waals surface area contributed by atoms with E-state index in [4.69, 9.17) is 15.2 Å². The first-order valence-electron chi connectivity index (χ1n) is 7.21. The topological polar surface area (TPSA) is 44.5 Å². The van der Waals surface area contributed by atoms with E-state index in [-0.39, 0.29) is 11.6 Å². The standard InChI is InChI=1S/C15H23NO2S/c1-11-3-9-19-14(11)13(16)12-2-6-18-15(10-12)4-7-17-8-5-15/h3,9,12-13H,2,4-8,10,16H2,1H3. The fraction of sp³-hybridized carbons (Fsp3) is 0.733. The Hall–Kier alpha value is -0.420. The van der Waals surface area contributed by atoms with Crippen molar-refractivity contribution in [1.29, 1.82) is 0 Å². The summed E-state index contributed by atoms with van der Waals surface area (Å²) in [5.74, 6) is 0.546. The van der Waals surface area contributed by atoms with Crippen molar-refractivity contribution in [3.8, 4) is 0 Å². The predicted octanol–water partition coefficient (Wildman–Crippen LogP) is 3.03. The molecule has 2 fully saturated rings. The summed E-state index contributed by atoms with van der Waals surface area (Å²) >= 11 is 1.80. The Morgan fingerprint density at radius 2 is 2.16 bits per heavy atom. The lowest BCUT2D eigenvalue weighted by molar-refractivity contribution is -0.149. The van der Waals surface area contributed by atoms with Gasteiger partial charge >= 0.3 is 0 Å². The smallest absolute Gasteiger partial charge is 0.0729 e. The van der Waals surface area contributed by atoms with E-state index in [1.165, 1.54) is 10.4 Å². The molecule has 3 heterocycles. The molecule has 2 unspecified atom stereocenters. The predicted molar refractivity (Wildman–Crippen MR) is 77.4 cm³/mol. The van der Waals surface area contributed by atoms with Crippen LogP contribution < -0.4 is 5.73 Å². The molecule has 2 N–H and O–H groups in total. The lowest BCUT2D eigenvalue weighted by Gasteiger charge is -2.44. The number of rotatable bonds is 2. The van der Waals surface area contributed by atoms with E-state index < -0.39 is 0 Å². The number of ether oxygens (including phenoxy) is 2. The maximum atomic E-state index is 6.53.